The number of rotatable bonds is 4. The number of hydrogen-bond acceptors (Lipinski definition) is 5. The van der Waals surface area contributed by atoms with Gasteiger partial charge in [0.15, 0.2) is 0 Å². The van der Waals surface area contributed by atoms with Crippen LogP contribution in [-0.2, 0) is 16.6 Å². The van der Waals surface area contributed by atoms with Crippen molar-refractivity contribution in [3.8, 4) is 5.69 Å². The molecule has 8 nitrogen and oxygen atoms in total. The minimum absolute atomic E-state index is 0.0622. The molecule has 0 radical (unpaired) electrons. The number of hydrogen-bond donors (Lipinski definition) is 1. The first-order valence-corrected chi connectivity index (χ1v) is 11.9. The molecule has 1 amide bonds. The van der Waals surface area contributed by atoms with E-state index in [1.807, 2.05) is 18.2 Å². The van der Waals surface area contributed by atoms with Crippen molar-refractivity contribution in [3.05, 3.63) is 116 Å². The van der Waals surface area contributed by atoms with Crippen molar-refractivity contribution in [1.82, 2.24) is 14.3 Å². The number of aliphatic hydroxyl groups excluding tert-OH is 1. The van der Waals surface area contributed by atoms with Gasteiger partial charge < -0.3 is 5.11 Å². The predicted octanol–water partition coefficient (Wildman–Crippen LogP) is 4.27. The molecule has 0 spiro atoms. The van der Waals surface area contributed by atoms with E-state index in [4.69, 9.17) is 0 Å². The number of para-hydroxylation sites is 1. The zero-order valence-electron chi connectivity index (χ0n) is 19.4. The number of aromatic nitrogens is 3. The van der Waals surface area contributed by atoms with Gasteiger partial charge in [-0.3, -0.25) is 28.9 Å². The fourth-order valence-corrected chi connectivity index (χ4v) is 4.78. The summed E-state index contributed by atoms with van der Waals surface area (Å²) < 4.78 is 3.88. The number of nitrogens with zero attached hydrogens (tertiary/aromatic N) is 4. The van der Waals surface area contributed by atoms with E-state index in [1.54, 1.807) is 73.4 Å². The molecule has 0 aliphatic carbocycles. The highest BCUT2D eigenvalue weighted by atomic mass is 79.9. The zero-order valence-corrected chi connectivity index (χ0v) is 21.0. The van der Waals surface area contributed by atoms with Crippen molar-refractivity contribution in [1.29, 1.82) is 0 Å². The van der Waals surface area contributed by atoms with Gasteiger partial charge in [0.1, 0.15) is 11.4 Å². The molecule has 1 fully saturated rings. The minimum Gasteiger partial charge on any atom is -0.507 e. The summed E-state index contributed by atoms with van der Waals surface area (Å²) in [5.74, 6) is -2.10. The van der Waals surface area contributed by atoms with E-state index in [-0.39, 0.29) is 17.0 Å². The Labute approximate surface area is 214 Å². The summed E-state index contributed by atoms with van der Waals surface area (Å²) in [6.45, 7) is 1.71. The summed E-state index contributed by atoms with van der Waals surface area (Å²) in [5, 5.41) is 11.2. The Balaban J connectivity index is 1.77. The molecule has 0 unspecified atom stereocenters. The quantitative estimate of drug-likeness (QED) is 0.235. The second-order valence-corrected chi connectivity index (χ2v) is 9.29. The molecule has 36 heavy (non-hydrogen) atoms. The highest BCUT2D eigenvalue weighted by Crippen LogP contribution is 2.42. The molecule has 0 saturated carbocycles. The van der Waals surface area contributed by atoms with Gasteiger partial charge in [-0.15, -0.1) is 0 Å². The molecule has 9 heteroatoms. The summed E-state index contributed by atoms with van der Waals surface area (Å²) in [5.41, 5.74) is 1.46. The maximum atomic E-state index is 13.7. The summed E-state index contributed by atoms with van der Waals surface area (Å²) in [7, 11) is 1.71. The van der Waals surface area contributed by atoms with Crippen molar-refractivity contribution in [2.24, 2.45) is 7.05 Å². The van der Waals surface area contributed by atoms with Crippen molar-refractivity contribution in [2.45, 2.75) is 13.0 Å². The van der Waals surface area contributed by atoms with Gasteiger partial charge >= 0.3 is 0 Å². The first-order chi connectivity index (χ1) is 17.3. The molecular weight excluding hydrogens is 524 g/mol. The number of aliphatic hydroxyl groups is 1. The van der Waals surface area contributed by atoms with E-state index in [2.05, 4.69) is 20.9 Å². The van der Waals surface area contributed by atoms with Gasteiger partial charge in [0.05, 0.1) is 23.0 Å². The van der Waals surface area contributed by atoms with E-state index in [0.717, 1.165) is 4.47 Å². The Bertz CT molecular complexity index is 1570. The molecule has 1 atom stereocenters. The van der Waals surface area contributed by atoms with Crippen LogP contribution in [0.15, 0.2) is 94.0 Å². The summed E-state index contributed by atoms with van der Waals surface area (Å²) in [6, 6.07) is 18.1. The van der Waals surface area contributed by atoms with Crippen molar-refractivity contribution in [2.75, 3.05) is 4.90 Å². The normalized spacial score (nSPS) is 17.1. The van der Waals surface area contributed by atoms with Gasteiger partial charge in [-0.2, -0.15) is 0 Å². The van der Waals surface area contributed by atoms with Gasteiger partial charge in [0.2, 0.25) is 0 Å². The molecule has 0 bridgehead atoms. The highest BCUT2D eigenvalue weighted by molar-refractivity contribution is 9.10. The number of halogens is 1. The maximum Gasteiger partial charge on any atom is 0.300 e. The SMILES string of the molecule is Cc1c(N2C(=O)C(=O)C(=C(O)c3ccc(Br)cc3)[C@@H]2c2cccnc2)c(=O)n(-c2ccccc2)n1C. The van der Waals surface area contributed by atoms with E-state index >= 15 is 0 Å². The van der Waals surface area contributed by atoms with Crippen LogP contribution in [0.5, 0.6) is 0 Å². The van der Waals surface area contributed by atoms with Crippen molar-refractivity contribution >= 4 is 39.1 Å². The number of ketones is 1. The monoisotopic (exact) mass is 544 g/mol. The summed E-state index contributed by atoms with van der Waals surface area (Å²) >= 11 is 3.36. The Morgan fingerprint density at radius 3 is 2.31 bits per heavy atom. The van der Waals surface area contributed by atoms with Crippen LogP contribution in [0.3, 0.4) is 0 Å². The second-order valence-electron chi connectivity index (χ2n) is 8.37. The molecular formula is C27H21BrN4O4. The molecule has 1 N–H and O–H groups in total. The van der Waals surface area contributed by atoms with Crippen LogP contribution in [0, 0.1) is 6.92 Å². The lowest BCUT2D eigenvalue weighted by Gasteiger charge is -2.24. The van der Waals surface area contributed by atoms with Gasteiger partial charge in [0.25, 0.3) is 17.2 Å². The van der Waals surface area contributed by atoms with Crippen LogP contribution < -0.4 is 10.5 Å². The number of carbonyl (C=O) groups is 2. The fourth-order valence-electron chi connectivity index (χ4n) is 4.51. The average molecular weight is 545 g/mol. The predicted molar refractivity (Wildman–Crippen MR) is 139 cm³/mol. The molecule has 1 saturated heterocycles. The van der Waals surface area contributed by atoms with Crippen LogP contribution in [0.25, 0.3) is 11.4 Å². The number of amides is 1. The van der Waals surface area contributed by atoms with Crippen molar-refractivity contribution in [3.63, 3.8) is 0 Å². The molecule has 4 aromatic rings. The van der Waals surface area contributed by atoms with E-state index in [0.29, 0.717) is 22.5 Å². The third-order valence-corrected chi connectivity index (χ3v) is 6.86. The molecule has 2 aromatic carbocycles. The lowest BCUT2D eigenvalue weighted by Crippen LogP contribution is -2.34. The standard InChI is InChI=1S/C27H21BrN4O4/c1-16-22(26(35)32(30(16)2)20-8-4-3-5-9-20)31-23(18-7-6-14-29-15-18)21(25(34)27(31)36)24(33)17-10-12-19(28)13-11-17/h3-15,23,33H,1-2H3/t23-/m0/s1. The smallest absolute Gasteiger partial charge is 0.300 e. The van der Waals surface area contributed by atoms with Crippen LogP contribution >= 0.6 is 15.9 Å². The van der Waals surface area contributed by atoms with Crippen LogP contribution in [0.4, 0.5) is 5.69 Å². The molecule has 2 aromatic heterocycles. The average Bonchev–Trinajstić information content (AvgIpc) is 3.28. The Kier molecular flexibility index (Phi) is 5.93. The van der Waals surface area contributed by atoms with E-state index in [1.165, 1.54) is 15.8 Å². The zero-order chi connectivity index (χ0) is 25.6. The third kappa shape index (κ3) is 3.68. The molecule has 1 aliphatic heterocycles. The third-order valence-electron chi connectivity index (χ3n) is 6.33. The van der Waals surface area contributed by atoms with Crippen LogP contribution in [0.1, 0.15) is 22.9 Å². The van der Waals surface area contributed by atoms with Crippen LogP contribution in [0.2, 0.25) is 0 Å². The topological polar surface area (TPSA) is 97.4 Å². The number of Topliss-reactive ketones (excluding diaryl/α,β-unsaturated/α-hetero) is 1. The fraction of sp³-hybridized carbons (Fsp3) is 0.111. The molecule has 3 heterocycles. The highest BCUT2D eigenvalue weighted by Gasteiger charge is 2.49. The van der Waals surface area contributed by atoms with E-state index < -0.39 is 23.3 Å². The van der Waals surface area contributed by atoms with E-state index in [9.17, 15) is 19.5 Å². The lowest BCUT2D eigenvalue weighted by atomic mass is 9.96. The van der Waals surface area contributed by atoms with Crippen LogP contribution in [-0.4, -0.2) is 31.1 Å². The molecule has 5 rings (SSSR count). The Hall–Kier alpha value is -4.24. The van der Waals surface area contributed by atoms with Gasteiger partial charge in [-0.25, -0.2) is 4.68 Å². The number of benzene rings is 2. The van der Waals surface area contributed by atoms with Gasteiger partial charge in [-0.05, 0) is 42.8 Å². The molecule has 180 valence electrons. The van der Waals surface area contributed by atoms with Gasteiger partial charge in [0, 0.05) is 29.5 Å². The van der Waals surface area contributed by atoms with Crippen molar-refractivity contribution < 1.29 is 14.7 Å². The number of anilines is 1. The first-order valence-electron chi connectivity index (χ1n) is 11.1. The van der Waals surface area contributed by atoms with Gasteiger partial charge in [-0.1, -0.05) is 52.3 Å². The maximum absolute atomic E-state index is 13.7. The first kappa shape index (κ1) is 23.5. The minimum atomic E-state index is -1.04. The Morgan fingerprint density at radius 2 is 1.67 bits per heavy atom. The largest absolute Gasteiger partial charge is 0.507 e. The molecule has 1 aliphatic rings. The summed E-state index contributed by atoms with van der Waals surface area (Å²) in [6.07, 6.45) is 3.09. The number of pyridine rings is 1. The Morgan fingerprint density at radius 1 is 0.972 bits per heavy atom. The second kappa shape index (κ2) is 9.09. The summed E-state index contributed by atoms with van der Waals surface area (Å²) in [4.78, 5) is 46.0. The lowest BCUT2D eigenvalue weighted by molar-refractivity contribution is -0.132. The number of carbonyl (C=O) groups excluding carboxylic acids is 2.